The summed E-state index contributed by atoms with van der Waals surface area (Å²) in [5, 5.41) is 0.410. The third-order valence-corrected chi connectivity index (χ3v) is 2.78. The Kier molecular flexibility index (Phi) is 4.73. The van der Waals surface area contributed by atoms with Crippen LogP contribution in [0.1, 0.15) is 19.8 Å². The molecule has 76 valence electrons. The number of likely N-dealkylation sites (N-methyl/N-ethyl adjacent to an activating group) is 1. The molecule has 0 aromatic rings. The van der Waals surface area contributed by atoms with Crippen molar-refractivity contribution < 1.29 is 9.53 Å². The van der Waals surface area contributed by atoms with E-state index in [0.717, 1.165) is 32.5 Å². The standard InChI is InChI=1S/C9H16BrNO2/c1-2-11(9(12)6-10)7-8-4-3-5-13-8/h8H,2-7H2,1H3. The predicted molar refractivity (Wildman–Crippen MR) is 55.0 cm³/mol. The van der Waals surface area contributed by atoms with Crippen molar-refractivity contribution >= 4 is 21.8 Å². The average molecular weight is 250 g/mol. The largest absolute Gasteiger partial charge is 0.376 e. The number of carbonyl (C=O) groups is 1. The van der Waals surface area contributed by atoms with Crippen LogP contribution >= 0.6 is 15.9 Å². The molecule has 1 heterocycles. The molecule has 0 spiro atoms. The fraction of sp³-hybridized carbons (Fsp3) is 0.889. The first-order valence-corrected chi connectivity index (χ1v) is 5.85. The lowest BCUT2D eigenvalue weighted by Crippen LogP contribution is -2.37. The lowest BCUT2D eigenvalue weighted by Gasteiger charge is -2.23. The Morgan fingerprint density at radius 2 is 2.46 bits per heavy atom. The van der Waals surface area contributed by atoms with E-state index in [2.05, 4.69) is 15.9 Å². The fourth-order valence-electron chi connectivity index (χ4n) is 1.53. The topological polar surface area (TPSA) is 29.5 Å². The van der Waals surface area contributed by atoms with E-state index in [1.165, 1.54) is 0 Å². The van der Waals surface area contributed by atoms with E-state index in [1.54, 1.807) is 0 Å². The highest BCUT2D eigenvalue weighted by Gasteiger charge is 2.20. The maximum Gasteiger partial charge on any atom is 0.233 e. The minimum absolute atomic E-state index is 0.151. The van der Waals surface area contributed by atoms with E-state index in [4.69, 9.17) is 4.74 Å². The van der Waals surface area contributed by atoms with Gasteiger partial charge < -0.3 is 9.64 Å². The van der Waals surface area contributed by atoms with Crippen molar-refractivity contribution in [3.05, 3.63) is 0 Å². The van der Waals surface area contributed by atoms with Crippen LogP contribution in [0.3, 0.4) is 0 Å². The minimum Gasteiger partial charge on any atom is -0.376 e. The summed E-state index contributed by atoms with van der Waals surface area (Å²) in [5.41, 5.74) is 0. The van der Waals surface area contributed by atoms with Crippen molar-refractivity contribution in [2.24, 2.45) is 0 Å². The average Bonchev–Trinajstić information content (AvgIpc) is 2.65. The lowest BCUT2D eigenvalue weighted by molar-refractivity contribution is -0.129. The highest BCUT2D eigenvalue weighted by molar-refractivity contribution is 9.09. The molecule has 1 aliphatic rings. The maximum atomic E-state index is 11.4. The molecular weight excluding hydrogens is 234 g/mol. The Hall–Kier alpha value is -0.0900. The molecule has 0 aromatic heterocycles. The van der Waals surface area contributed by atoms with Crippen LogP contribution in [-0.2, 0) is 9.53 Å². The van der Waals surface area contributed by atoms with Crippen LogP contribution in [-0.4, -0.2) is 41.9 Å². The Labute approximate surface area is 87.6 Å². The summed E-state index contributed by atoms with van der Waals surface area (Å²) in [4.78, 5) is 13.2. The number of rotatable bonds is 4. The monoisotopic (exact) mass is 249 g/mol. The molecule has 4 heteroatoms. The van der Waals surface area contributed by atoms with Crippen LogP contribution < -0.4 is 0 Å². The van der Waals surface area contributed by atoms with Gasteiger partial charge in [-0.25, -0.2) is 0 Å². The lowest BCUT2D eigenvalue weighted by atomic mass is 10.2. The van der Waals surface area contributed by atoms with Crippen molar-refractivity contribution in [2.45, 2.75) is 25.9 Å². The highest BCUT2D eigenvalue weighted by Crippen LogP contribution is 2.13. The zero-order valence-corrected chi connectivity index (χ0v) is 9.55. The van der Waals surface area contributed by atoms with Gasteiger partial charge >= 0.3 is 0 Å². The second kappa shape index (κ2) is 5.60. The Morgan fingerprint density at radius 1 is 1.69 bits per heavy atom. The molecule has 0 bridgehead atoms. The number of hydrogen-bond acceptors (Lipinski definition) is 2. The molecule has 0 aliphatic carbocycles. The second-order valence-corrected chi connectivity index (χ2v) is 3.76. The van der Waals surface area contributed by atoms with Gasteiger partial charge in [-0.1, -0.05) is 15.9 Å². The van der Waals surface area contributed by atoms with Crippen molar-refractivity contribution in [1.29, 1.82) is 0 Å². The van der Waals surface area contributed by atoms with Crippen LogP contribution in [0.4, 0.5) is 0 Å². The normalized spacial score (nSPS) is 21.8. The number of hydrogen-bond donors (Lipinski definition) is 0. The van der Waals surface area contributed by atoms with E-state index in [9.17, 15) is 4.79 Å². The molecule has 1 unspecified atom stereocenters. The maximum absolute atomic E-state index is 11.4. The zero-order chi connectivity index (χ0) is 9.68. The molecule has 1 rings (SSSR count). The van der Waals surface area contributed by atoms with Crippen molar-refractivity contribution in [1.82, 2.24) is 4.90 Å². The van der Waals surface area contributed by atoms with Crippen LogP contribution in [0.5, 0.6) is 0 Å². The SMILES string of the molecule is CCN(CC1CCCO1)C(=O)CBr. The van der Waals surface area contributed by atoms with Gasteiger partial charge in [-0.2, -0.15) is 0 Å². The molecule has 0 saturated carbocycles. The van der Waals surface area contributed by atoms with Gasteiger partial charge in [0, 0.05) is 19.7 Å². The van der Waals surface area contributed by atoms with Gasteiger partial charge in [-0.15, -0.1) is 0 Å². The zero-order valence-electron chi connectivity index (χ0n) is 7.96. The van der Waals surface area contributed by atoms with Crippen LogP contribution in [0.25, 0.3) is 0 Å². The number of ether oxygens (including phenoxy) is 1. The molecule has 0 N–H and O–H groups in total. The third-order valence-electron chi connectivity index (χ3n) is 2.30. The van der Waals surface area contributed by atoms with Crippen molar-refractivity contribution in [2.75, 3.05) is 25.0 Å². The molecule has 1 aliphatic heterocycles. The molecule has 3 nitrogen and oxygen atoms in total. The number of amides is 1. The van der Waals surface area contributed by atoms with Crippen molar-refractivity contribution in [3.63, 3.8) is 0 Å². The highest BCUT2D eigenvalue weighted by atomic mass is 79.9. The second-order valence-electron chi connectivity index (χ2n) is 3.20. The van der Waals surface area contributed by atoms with Gasteiger partial charge in [-0.3, -0.25) is 4.79 Å². The predicted octanol–water partition coefficient (Wildman–Crippen LogP) is 1.41. The first-order valence-electron chi connectivity index (χ1n) is 4.73. The minimum atomic E-state index is 0.151. The summed E-state index contributed by atoms with van der Waals surface area (Å²) in [6.07, 6.45) is 2.49. The number of halogens is 1. The third kappa shape index (κ3) is 3.27. The molecule has 1 fully saturated rings. The van der Waals surface area contributed by atoms with Gasteiger partial charge in [0.2, 0.25) is 5.91 Å². The van der Waals surface area contributed by atoms with Gasteiger partial charge in [0.15, 0.2) is 0 Å². The summed E-state index contributed by atoms with van der Waals surface area (Å²) >= 11 is 3.17. The summed E-state index contributed by atoms with van der Waals surface area (Å²) in [6.45, 7) is 4.37. The van der Waals surface area contributed by atoms with Gasteiger partial charge in [0.1, 0.15) is 0 Å². The van der Waals surface area contributed by atoms with Gasteiger partial charge in [0.25, 0.3) is 0 Å². The first kappa shape index (κ1) is 11.0. The fourth-order valence-corrected chi connectivity index (χ4v) is 1.88. The number of carbonyl (C=O) groups excluding carboxylic acids is 1. The summed E-state index contributed by atoms with van der Waals surface area (Å²) in [5.74, 6) is 0.151. The Balaban J connectivity index is 2.33. The van der Waals surface area contributed by atoms with E-state index < -0.39 is 0 Å². The molecule has 1 atom stereocenters. The summed E-state index contributed by atoms with van der Waals surface area (Å²) < 4.78 is 5.47. The van der Waals surface area contributed by atoms with Gasteiger partial charge in [0.05, 0.1) is 11.4 Å². The molecular formula is C9H16BrNO2. The van der Waals surface area contributed by atoms with E-state index >= 15 is 0 Å². The summed E-state index contributed by atoms with van der Waals surface area (Å²) in [7, 11) is 0. The number of nitrogens with zero attached hydrogens (tertiary/aromatic N) is 1. The molecule has 0 aromatic carbocycles. The summed E-state index contributed by atoms with van der Waals surface area (Å²) in [6, 6.07) is 0. The molecule has 13 heavy (non-hydrogen) atoms. The van der Waals surface area contributed by atoms with Crippen LogP contribution in [0, 0.1) is 0 Å². The van der Waals surface area contributed by atoms with E-state index in [0.29, 0.717) is 5.33 Å². The first-order chi connectivity index (χ1) is 6.27. The van der Waals surface area contributed by atoms with Crippen LogP contribution in [0.2, 0.25) is 0 Å². The molecule has 0 radical (unpaired) electrons. The van der Waals surface area contributed by atoms with Gasteiger partial charge in [-0.05, 0) is 19.8 Å². The quantitative estimate of drug-likeness (QED) is 0.706. The van der Waals surface area contributed by atoms with E-state index in [-0.39, 0.29) is 12.0 Å². The molecule has 1 saturated heterocycles. The Bertz CT molecular complexity index is 169. The smallest absolute Gasteiger partial charge is 0.233 e. The molecule has 1 amide bonds. The van der Waals surface area contributed by atoms with Crippen molar-refractivity contribution in [3.8, 4) is 0 Å². The number of alkyl halides is 1. The van der Waals surface area contributed by atoms with Crippen LogP contribution in [0.15, 0.2) is 0 Å². The Morgan fingerprint density at radius 3 is 2.92 bits per heavy atom. The van der Waals surface area contributed by atoms with E-state index in [1.807, 2.05) is 11.8 Å².